The molecule has 0 fully saturated rings. The van der Waals surface area contributed by atoms with Gasteiger partial charge in [0.1, 0.15) is 0 Å². The molecule has 7 rings (SSSR count). The van der Waals surface area contributed by atoms with Gasteiger partial charge in [0.15, 0.2) is 0 Å². The quantitative estimate of drug-likeness (QED) is 0.167. The predicted molar refractivity (Wildman–Crippen MR) is 197 cm³/mol. The van der Waals surface area contributed by atoms with Crippen LogP contribution in [0.2, 0.25) is 0 Å². The molecule has 3 aromatic carbocycles. The maximum atomic E-state index is 7.62. The number of nitrogens with zero attached hydrogens (tertiary/aromatic N) is 3. The molecular weight excluding hydrogens is 771 g/mol. The summed E-state index contributed by atoms with van der Waals surface area (Å²) in [6, 6.07) is 26.0. The fourth-order valence-electron chi connectivity index (χ4n) is 5.68. The zero-order valence-electron chi connectivity index (χ0n) is 38.7. The fourth-order valence-corrected chi connectivity index (χ4v) is 7.02. The first-order valence-corrected chi connectivity index (χ1v) is 15.7. The van der Waals surface area contributed by atoms with Crippen molar-refractivity contribution in [3.8, 4) is 22.5 Å². The molecule has 5 heteroatoms. The van der Waals surface area contributed by atoms with E-state index in [2.05, 4.69) is 105 Å². The van der Waals surface area contributed by atoms with E-state index in [1.807, 2.05) is 17.5 Å². The molecule has 0 atom stereocenters. The molecule has 0 bridgehead atoms. The summed E-state index contributed by atoms with van der Waals surface area (Å²) in [5, 5.41) is 5.26. The van der Waals surface area contributed by atoms with E-state index in [1.54, 1.807) is 0 Å². The van der Waals surface area contributed by atoms with Crippen LogP contribution in [0.15, 0.2) is 73.1 Å². The Kier molecular flexibility index (Phi) is 6.44. The van der Waals surface area contributed by atoms with Gasteiger partial charge in [-0.05, 0) is 76.0 Å². The molecule has 3 nitrogen and oxygen atoms in total. The second kappa shape index (κ2) is 13.8. The zero-order valence-corrected chi connectivity index (χ0v) is 29.9. The molecule has 0 saturated carbocycles. The number of hydrogen-bond donors (Lipinski definition) is 0. The Balaban J connectivity index is 0.000000221. The van der Waals surface area contributed by atoms with Crippen LogP contribution in [0.1, 0.15) is 76.4 Å². The summed E-state index contributed by atoms with van der Waals surface area (Å²) in [7, 11) is 0. The fraction of sp³-hybridized carbons (Fsp3) is 0.262. The first kappa shape index (κ1) is 22.0. The summed E-state index contributed by atoms with van der Waals surface area (Å²) in [5.74, 6) is 0. The number of rotatable bonds is 3. The predicted octanol–water partition coefficient (Wildman–Crippen LogP) is 11.5. The molecule has 0 amide bonds. The number of aryl methyl sites for hydroxylation is 6. The van der Waals surface area contributed by atoms with Crippen molar-refractivity contribution >= 4 is 42.3 Å². The van der Waals surface area contributed by atoms with Gasteiger partial charge in [-0.1, -0.05) is 90.3 Å². The third-order valence-corrected chi connectivity index (χ3v) is 8.81. The Hall–Kier alpha value is -3.76. The van der Waals surface area contributed by atoms with Crippen LogP contribution in [0, 0.1) is 58.8 Å². The van der Waals surface area contributed by atoms with Gasteiger partial charge in [-0.2, -0.15) is 0 Å². The average molecular weight is 824 g/mol. The number of thiophene rings is 1. The van der Waals surface area contributed by atoms with Crippen molar-refractivity contribution < 1.29 is 36.6 Å². The van der Waals surface area contributed by atoms with Gasteiger partial charge >= 0.3 is 0 Å². The molecule has 241 valence electrons. The molecule has 1 radical (unpaired) electrons. The van der Waals surface area contributed by atoms with E-state index in [1.165, 1.54) is 42.1 Å². The molecule has 0 aliphatic carbocycles. The van der Waals surface area contributed by atoms with Gasteiger partial charge in [-0.3, -0.25) is 0 Å². The minimum atomic E-state index is -2.84. The zero-order chi connectivity index (χ0) is 42.7. The largest absolute Gasteiger partial charge is 0.354 e. The van der Waals surface area contributed by atoms with Crippen molar-refractivity contribution in [2.75, 3.05) is 0 Å². The maximum absolute atomic E-state index is 7.62. The van der Waals surface area contributed by atoms with Crippen LogP contribution in [0.4, 0.5) is 0 Å². The minimum Gasteiger partial charge on any atom is -0.354 e. The number of fused-ring (bicyclic) bond motifs is 5. The SMILES string of the molecule is Cc1[c-]c(-c2nccc3c2sc2c4ccc(CC(C)(C)C)cc4ccc32)cc(C)c1.[2H]C([2H])([2H])c1c[c-]c(-c2cc(C([2H])([2H])[2H])c(C([2H])([2H])[2H])cn2)c(C([2H])([2H])[2H])n1.[Ir]. The molecule has 7 aromatic rings. The standard InChI is InChI=1S/C28H26NS.C14H15N2.Ir/c1-17-12-18(2)14-21(13-17)25-27-24(10-11-29-25)23-9-7-20-15-19(16-28(3,4)5)6-8-22(20)26(23)30-27;1-9-7-14(15-8-10(9)2)13-6-5-11(3)16-12(13)4;/h6-13,15H,16H2,1-5H3;5,7-8H,1-4H3;/q2*-1;/i;1D3,2D3,3D3,4D3;. The summed E-state index contributed by atoms with van der Waals surface area (Å²) in [6.45, 7) is 0.0843. The number of aromatic nitrogens is 3. The summed E-state index contributed by atoms with van der Waals surface area (Å²) < 4.78 is 92.8. The second-order valence-corrected chi connectivity index (χ2v) is 13.8. The van der Waals surface area contributed by atoms with Crippen molar-refractivity contribution in [1.82, 2.24) is 15.0 Å². The Morgan fingerprint density at radius 1 is 0.830 bits per heavy atom. The van der Waals surface area contributed by atoms with Gasteiger partial charge in [0.2, 0.25) is 0 Å². The maximum Gasteiger partial charge on any atom is 0.0425 e. The Morgan fingerprint density at radius 3 is 2.38 bits per heavy atom. The van der Waals surface area contributed by atoms with Crippen LogP contribution in [-0.4, -0.2) is 15.0 Å². The van der Waals surface area contributed by atoms with Gasteiger partial charge in [-0.15, -0.1) is 63.9 Å². The molecule has 0 aliphatic heterocycles. The monoisotopic (exact) mass is 824 g/mol. The van der Waals surface area contributed by atoms with E-state index in [-0.39, 0.29) is 31.4 Å². The van der Waals surface area contributed by atoms with Gasteiger partial charge in [-0.25, -0.2) is 0 Å². The van der Waals surface area contributed by atoms with Crippen molar-refractivity contribution in [2.45, 2.75) is 68.4 Å². The third-order valence-electron chi connectivity index (χ3n) is 7.55. The molecule has 0 spiro atoms. The van der Waals surface area contributed by atoms with Gasteiger partial charge < -0.3 is 15.0 Å². The van der Waals surface area contributed by atoms with Crippen LogP contribution >= 0.6 is 11.3 Å². The first-order valence-electron chi connectivity index (χ1n) is 20.9. The summed E-state index contributed by atoms with van der Waals surface area (Å²) in [4.78, 5) is 12.4. The van der Waals surface area contributed by atoms with E-state index in [0.717, 1.165) is 41.6 Å². The van der Waals surface area contributed by atoms with Crippen molar-refractivity contribution in [3.05, 3.63) is 124 Å². The van der Waals surface area contributed by atoms with E-state index in [0.29, 0.717) is 5.41 Å². The van der Waals surface area contributed by atoms with E-state index in [9.17, 15) is 0 Å². The first-order chi connectivity index (χ1) is 26.7. The van der Waals surface area contributed by atoms with Crippen molar-refractivity contribution in [1.29, 1.82) is 0 Å². The van der Waals surface area contributed by atoms with Crippen LogP contribution < -0.4 is 0 Å². The normalized spacial score (nSPS) is 16.3. The van der Waals surface area contributed by atoms with Gasteiger partial charge in [0.05, 0.1) is 0 Å². The number of hydrogen-bond acceptors (Lipinski definition) is 4. The van der Waals surface area contributed by atoms with Gasteiger partial charge in [0, 0.05) is 69.4 Å². The van der Waals surface area contributed by atoms with Crippen molar-refractivity contribution in [3.63, 3.8) is 0 Å². The molecule has 4 heterocycles. The molecule has 0 saturated heterocycles. The summed E-state index contributed by atoms with van der Waals surface area (Å²) in [6.07, 6.45) is 3.87. The smallest absolute Gasteiger partial charge is 0.0425 e. The minimum absolute atomic E-state index is 0. The molecule has 4 aromatic heterocycles. The van der Waals surface area contributed by atoms with Crippen LogP contribution in [0.25, 0.3) is 53.5 Å². The van der Waals surface area contributed by atoms with Gasteiger partial charge in [0.25, 0.3) is 0 Å². The van der Waals surface area contributed by atoms with E-state index in [4.69, 9.17) is 21.4 Å². The van der Waals surface area contributed by atoms with Crippen molar-refractivity contribution in [2.24, 2.45) is 5.41 Å². The Bertz CT molecular complexity index is 2650. The molecule has 47 heavy (non-hydrogen) atoms. The number of benzene rings is 3. The molecule has 0 unspecified atom stereocenters. The Labute approximate surface area is 313 Å². The molecular formula is C42H41IrN3S-2. The van der Waals surface area contributed by atoms with Crippen LogP contribution in [0.5, 0.6) is 0 Å². The van der Waals surface area contributed by atoms with E-state index >= 15 is 0 Å². The van der Waals surface area contributed by atoms with E-state index < -0.39 is 49.9 Å². The summed E-state index contributed by atoms with van der Waals surface area (Å²) in [5.41, 5.74) is 3.70. The summed E-state index contributed by atoms with van der Waals surface area (Å²) >= 11 is 1.86. The molecule has 0 aliphatic rings. The Morgan fingerprint density at radius 2 is 1.64 bits per heavy atom. The number of pyridine rings is 3. The third kappa shape index (κ3) is 7.54. The second-order valence-electron chi connectivity index (χ2n) is 12.8. The van der Waals surface area contributed by atoms with Crippen LogP contribution in [0.3, 0.4) is 0 Å². The topological polar surface area (TPSA) is 38.7 Å². The average Bonchev–Trinajstić information content (AvgIpc) is 3.48. The van der Waals surface area contributed by atoms with Crippen LogP contribution in [-0.2, 0) is 26.5 Å². The molecule has 0 N–H and O–H groups in total.